The van der Waals surface area contributed by atoms with Gasteiger partial charge in [-0.1, -0.05) is 0 Å². The van der Waals surface area contributed by atoms with Crippen molar-refractivity contribution in [1.29, 1.82) is 0 Å². The first-order chi connectivity index (χ1) is 12.3. The summed E-state index contributed by atoms with van der Waals surface area (Å²) in [6.07, 6.45) is 2.26. The van der Waals surface area contributed by atoms with Crippen LogP contribution in [-0.4, -0.2) is 27.1 Å². The highest BCUT2D eigenvalue weighted by atomic mass is 32.2. The molecule has 0 spiro atoms. The maximum Gasteiger partial charge on any atom is 0.244 e. The van der Waals surface area contributed by atoms with Gasteiger partial charge in [0.15, 0.2) is 0 Å². The number of aromatic nitrogens is 1. The highest BCUT2D eigenvalue weighted by Gasteiger charge is 2.20. The number of benzene rings is 2. The SMILES string of the molecule is COc1cc(C)c(C)cc1S(=O)(=O)NCCc1c[nH]c2cc(F)ccc12. The van der Waals surface area contributed by atoms with Gasteiger partial charge < -0.3 is 9.72 Å². The molecule has 0 aliphatic carbocycles. The highest BCUT2D eigenvalue weighted by molar-refractivity contribution is 7.89. The molecule has 0 atom stereocenters. The number of methoxy groups -OCH3 is 1. The van der Waals surface area contributed by atoms with Crippen LogP contribution in [0.25, 0.3) is 10.9 Å². The topological polar surface area (TPSA) is 71.2 Å². The Kier molecular flexibility index (Phi) is 5.02. The standard InChI is InChI=1S/C19H21FN2O3S/c1-12-8-18(25-3)19(9-13(12)2)26(23,24)22-7-6-14-11-21-17-10-15(20)4-5-16(14)17/h4-5,8-11,21-22H,6-7H2,1-3H3. The van der Waals surface area contributed by atoms with E-state index in [4.69, 9.17) is 4.74 Å². The van der Waals surface area contributed by atoms with E-state index in [1.807, 2.05) is 13.8 Å². The highest BCUT2D eigenvalue weighted by Crippen LogP contribution is 2.27. The number of hydrogen-bond acceptors (Lipinski definition) is 3. The third-order valence-corrected chi connectivity index (χ3v) is 5.97. The molecular weight excluding hydrogens is 355 g/mol. The predicted octanol–water partition coefficient (Wildman–Crippen LogP) is 3.45. The van der Waals surface area contributed by atoms with Gasteiger partial charge in [-0.15, -0.1) is 0 Å². The Bertz CT molecular complexity index is 1060. The fourth-order valence-corrected chi connectivity index (χ4v) is 4.16. The zero-order valence-electron chi connectivity index (χ0n) is 14.9. The molecule has 26 heavy (non-hydrogen) atoms. The fraction of sp³-hybridized carbons (Fsp3) is 0.263. The lowest BCUT2D eigenvalue weighted by Gasteiger charge is -2.13. The van der Waals surface area contributed by atoms with Crippen molar-refractivity contribution in [3.8, 4) is 5.75 Å². The molecule has 2 N–H and O–H groups in total. The minimum Gasteiger partial charge on any atom is -0.495 e. The molecule has 0 radical (unpaired) electrons. The quantitative estimate of drug-likeness (QED) is 0.692. The minimum atomic E-state index is -3.70. The van der Waals surface area contributed by atoms with E-state index in [2.05, 4.69) is 9.71 Å². The molecule has 0 amide bonds. The summed E-state index contributed by atoms with van der Waals surface area (Å²) in [5, 5.41) is 0.884. The molecular formula is C19H21FN2O3S. The minimum absolute atomic E-state index is 0.129. The molecule has 1 heterocycles. The first kappa shape index (κ1) is 18.4. The van der Waals surface area contributed by atoms with Crippen LogP contribution in [0.15, 0.2) is 41.4 Å². The average molecular weight is 376 g/mol. The third-order valence-electron chi connectivity index (χ3n) is 4.49. The normalized spacial score (nSPS) is 11.8. The van der Waals surface area contributed by atoms with E-state index < -0.39 is 10.0 Å². The van der Waals surface area contributed by atoms with Crippen LogP contribution in [0.1, 0.15) is 16.7 Å². The number of aromatic amines is 1. The molecule has 5 nitrogen and oxygen atoms in total. The van der Waals surface area contributed by atoms with Crippen LogP contribution < -0.4 is 9.46 Å². The van der Waals surface area contributed by atoms with Crippen molar-refractivity contribution >= 4 is 20.9 Å². The van der Waals surface area contributed by atoms with Crippen LogP contribution in [0.3, 0.4) is 0 Å². The van der Waals surface area contributed by atoms with E-state index in [-0.39, 0.29) is 17.3 Å². The van der Waals surface area contributed by atoms with Crippen LogP contribution in [0.4, 0.5) is 4.39 Å². The monoisotopic (exact) mass is 376 g/mol. The van der Waals surface area contributed by atoms with E-state index in [0.29, 0.717) is 17.7 Å². The van der Waals surface area contributed by atoms with Gasteiger partial charge >= 0.3 is 0 Å². The molecule has 0 saturated heterocycles. The summed E-state index contributed by atoms with van der Waals surface area (Å²) in [4.78, 5) is 3.13. The van der Waals surface area contributed by atoms with Crippen molar-refractivity contribution in [2.45, 2.75) is 25.2 Å². The zero-order valence-corrected chi connectivity index (χ0v) is 15.7. The van der Waals surface area contributed by atoms with Crippen molar-refractivity contribution < 1.29 is 17.5 Å². The lowest BCUT2D eigenvalue weighted by atomic mass is 10.1. The zero-order chi connectivity index (χ0) is 18.9. The summed E-state index contributed by atoms with van der Waals surface area (Å²) in [7, 11) is -2.25. The summed E-state index contributed by atoms with van der Waals surface area (Å²) in [6.45, 7) is 3.99. The van der Waals surface area contributed by atoms with Crippen LogP contribution >= 0.6 is 0 Å². The summed E-state index contributed by atoms with van der Waals surface area (Å²) < 4.78 is 46.4. The summed E-state index contributed by atoms with van der Waals surface area (Å²) in [5.41, 5.74) is 3.46. The third kappa shape index (κ3) is 3.59. The Morgan fingerprint density at radius 2 is 1.88 bits per heavy atom. The lowest BCUT2D eigenvalue weighted by molar-refractivity contribution is 0.402. The molecule has 3 aromatic rings. The number of H-pyrrole nitrogens is 1. The Hall–Kier alpha value is -2.38. The van der Waals surface area contributed by atoms with Gasteiger partial charge in [-0.2, -0.15) is 0 Å². The summed E-state index contributed by atoms with van der Waals surface area (Å²) in [6, 6.07) is 7.84. The second kappa shape index (κ2) is 7.09. The van der Waals surface area contributed by atoms with Gasteiger partial charge in [0, 0.05) is 23.6 Å². The number of rotatable bonds is 6. The van der Waals surface area contributed by atoms with Gasteiger partial charge in [0.05, 0.1) is 7.11 Å². The Labute approximate surface area is 152 Å². The second-order valence-electron chi connectivity index (χ2n) is 6.24. The first-order valence-electron chi connectivity index (χ1n) is 8.22. The van der Waals surface area contributed by atoms with E-state index in [0.717, 1.165) is 22.1 Å². The van der Waals surface area contributed by atoms with Crippen LogP contribution in [0.5, 0.6) is 5.75 Å². The number of halogens is 1. The molecule has 7 heteroatoms. The van der Waals surface area contributed by atoms with E-state index in [1.54, 1.807) is 24.4 Å². The largest absolute Gasteiger partial charge is 0.495 e. The maximum absolute atomic E-state index is 13.3. The van der Waals surface area contributed by atoms with Crippen molar-refractivity contribution in [1.82, 2.24) is 9.71 Å². The van der Waals surface area contributed by atoms with E-state index >= 15 is 0 Å². The molecule has 0 saturated carbocycles. The number of nitrogens with one attached hydrogen (secondary N) is 2. The average Bonchev–Trinajstić information content (AvgIpc) is 2.98. The van der Waals surface area contributed by atoms with Crippen molar-refractivity contribution in [2.24, 2.45) is 0 Å². The number of sulfonamides is 1. The predicted molar refractivity (Wildman–Crippen MR) is 99.6 cm³/mol. The molecule has 0 aliphatic heterocycles. The van der Waals surface area contributed by atoms with Crippen LogP contribution in [0.2, 0.25) is 0 Å². The molecule has 3 rings (SSSR count). The number of fused-ring (bicyclic) bond motifs is 1. The Balaban J connectivity index is 1.77. The number of ether oxygens (including phenoxy) is 1. The van der Waals surface area contributed by atoms with Crippen LogP contribution in [-0.2, 0) is 16.4 Å². The molecule has 0 bridgehead atoms. The molecule has 0 aliphatic rings. The molecule has 0 fully saturated rings. The van der Waals surface area contributed by atoms with Gasteiger partial charge in [0.25, 0.3) is 0 Å². The second-order valence-corrected chi connectivity index (χ2v) is 7.97. The van der Waals surface area contributed by atoms with Gasteiger partial charge in [0.2, 0.25) is 10.0 Å². The number of hydrogen-bond donors (Lipinski definition) is 2. The van der Waals surface area contributed by atoms with Gasteiger partial charge in [-0.05, 0) is 67.3 Å². The van der Waals surface area contributed by atoms with Gasteiger partial charge in [-0.3, -0.25) is 0 Å². The molecule has 2 aromatic carbocycles. The van der Waals surface area contributed by atoms with E-state index in [1.165, 1.54) is 19.2 Å². The Morgan fingerprint density at radius 3 is 2.62 bits per heavy atom. The van der Waals surface area contributed by atoms with Crippen LogP contribution in [0, 0.1) is 19.7 Å². The summed E-state index contributed by atoms with van der Waals surface area (Å²) >= 11 is 0. The Morgan fingerprint density at radius 1 is 1.15 bits per heavy atom. The molecule has 1 aromatic heterocycles. The first-order valence-corrected chi connectivity index (χ1v) is 9.70. The summed E-state index contributed by atoms with van der Waals surface area (Å²) in [5.74, 6) is 0.0107. The molecule has 138 valence electrons. The fourth-order valence-electron chi connectivity index (χ4n) is 2.90. The number of aryl methyl sites for hydroxylation is 2. The lowest BCUT2D eigenvalue weighted by Crippen LogP contribution is -2.26. The smallest absolute Gasteiger partial charge is 0.244 e. The van der Waals surface area contributed by atoms with Gasteiger partial charge in [-0.25, -0.2) is 17.5 Å². The van der Waals surface area contributed by atoms with E-state index in [9.17, 15) is 12.8 Å². The maximum atomic E-state index is 13.3. The molecule has 0 unspecified atom stereocenters. The van der Waals surface area contributed by atoms with Crippen molar-refractivity contribution in [2.75, 3.05) is 13.7 Å². The van der Waals surface area contributed by atoms with Gasteiger partial charge in [0.1, 0.15) is 16.5 Å². The van der Waals surface area contributed by atoms with Crippen molar-refractivity contribution in [3.05, 3.63) is 59.0 Å². The van der Waals surface area contributed by atoms with Crippen molar-refractivity contribution in [3.63, 3.8) is 0 Å².